The Hall–Kier alpha value is -3.08. The molecule has 0 saturated carbocycles. The zero-order valence-corrected chi connectivity index (χ0v) is 16.1. The molecule has 2 aromatic carbocycles. The van der Waals surface area contributed by atoms with Gasteiger partial charge in [-0.25, -0.2) is 4.90 Å². The number of hydrogen-bond donors (Lipinski definition) is 0. The van der Waals surface area contributed by atoms with Crippen molar-refractivity contribution in [3.05, 3.63) is 65.9 Å². The number of hydrogen-bond acceptors (Lipinski definition) is 4. The van der Waals surface area contributed by atoms with Crippen molar-refractivity contribution in [2.75, 3.05) is 24.6 Å². The van der Waals surface area contributed by atoms with Crippen LogP contribution < -0.4 is 9.64 Å². The maximum Gasteiger partial charge on any atom is 0.282 e. The van der Waals surface area contributed by atoms with Gasteiger partial charge in [0.25, 0.3) is 11.8 Å². The number of likely N-dealkylation sites (tertiary alicyclic amines) is 1. The second-order valence-electron chi connectivity index (χ2n) is 7.01. The molecule has 0 aliphatic carbocycles. The van der Waals surface area contributed by atoms with Gasteiger partial charge in [0.05, 0.1) is 17.9 Å². The van der Waals surface area contributed by atoms with Crippen LogP contribution in [0.1, 0.15) is 31.7 Å². The Morgan fingerprint density at radius 1 is 0.893 bits per heavy atom. The molecule has 0 unspecified atom stereocenters. The van der Waals surface area contributed by atoms with Crippen LogP contribution in [-0.2, 0) is 9.59 Å². The van der Waals surface area contributed by atoms with Gasteiger partial charge in [-0.05, 0) is 43.9 Å². The molecule has 0 N–H and O–H groups in total. The Bertz CT molecular complexity index is 914. The van der Waals surface area contributed by atoms with Gasteiger partial charge in [0.15, 0.2) is 0 Å². The fourth-order valence-corrected chi connectivity index (χ4v) is 3.91. The number of amides is 2. The van der Waals surface area contributed by atoms with Gasteiger partial charge in [0, 0.05) is 19.2 Å². The van der Waals surface area contributed by atoms with Gasteiger partial charge in [0.2, 0.25) is 0 Å². The van der Waals surface area contributed by atoms with Crippen molar-refractivity contribution in [3.63, 3.8) is 0 Å². The first kappa shape index (κ1) is 18.3. The van der Waals surface area contributed by atoms with Crippen LogP contribution in [0.15, 0.2) is 60.3 Å². The van der Waals surface area contributed by atoms with Gasteiger partial charge in [-0.1, -0.05) is 36.4 Å². The van der Waals surface area contributed by atoms with Crippen LogP contribution in [0.25, 0.3) is 5.57 Å². The second-order valence-corrected chi connectivity index (χ2v) is 7.01. The van der Waals surface area contributed by atoms with Gasteiger partial charge < -0.3 is 9.64 Å². The first-order valence-corrected chi connectivity index (χ1v) is 9.87. The van der Waals surface area contributed by atoms with Crippen molar-refractivity contribution in [3.8, 4) is 5.75 Å². The lowest BCUT2D eigenvalue weighted by molar-refractivity contribution is -0.120. The van der Waals surface area contributed by atoms with E-state index < -0.39 is 0 Å². The monoisotopic (exact) mass is 376 g/mol. The summed E-state index contributed by atoms with van der Waals surface area (Å²) in [7, 11) is 0. The Kier molecular flexibility index (Phi) is 5.15. The molecule has 2 amide bonds. The van der Waals surface area contributed by atoms with Gasteiger partial charge in [0.1, 0.15) is 11.4 Å². The third-order valence-electron chi connectivity index (χ3n) is 5.18. The number of carbonyl (C=O) groups is 2. The molecule has 1 saturated heterocycles. The zero-order valence-electron chi connectivity index (χ0n) is 16.1. The Morgan fingerprint density at radius 3 is 2.36 bits per heavy atom. The van der Waals surface area contributed by atoms with E-state index in [1.165, 1.54) is 4.90 Å². The number of nitrogens with zero attached hydrogens (tertiary/aromatic N) is 2. The molecular weight excluding hydrogens is 352 g/mol. The minimum atomic E-state index is -0.273. The van der Waals surface area contributed by atoms with E-state index >= 15 is 0 Å². The molecule has 1 fully saturated rings. The quantitative estimate of drug-likeness (QED) is 0.744. The molecule has 5 heteroatoms. The molecule has 2 heterocycles. The highest BCUT2D eigenvalue weighted by molar-refractivity contribution is 6.45. The van der Waals surface area contributed by atoms with E-state index in [0.717, 1.165) is 37.9 Å². The number of piperidine rings is 1. The molecular formula is C23H24N2O3. The topological polar surface area (TPSA) is 49.9 Å². The molecule has 0 spiro atoms. The van der Waals surface area contributed by atoms with Gasteiger partial charge >= 0.3 is 0 Å². The maximum atomic E-state index is 13.4. The maximum absolute atomic E-state index is 13.4. The predicted molar refractivity (Wildman–Crippen MR) is 109 cm³/mol. The van der Waals surface area contributed by atoms with Crippen LogP contribution in [-0.4, -0.2) is 36.4 Å². The molecule has 2 aliphatic heterocycles. The number of rotatable bonds is 5. The van der Waals surface area contributed by atoms with Gasteiger partial charge in [-0.2, -0.15) is 0 Å². The number of anilines is 1. The molecule has 144 valence electrons. The average molecular weight is 376 g/mol. The Balaban J connectivity index is 1.78. The molecule has 0 atom stereocenters. The number of carbonyl (C=O) groups excluding carboxylic acids is 2. The summed E-state index contributed by atoms with van der Waals surface area (Å²) in [5.74, 6) is 0.123. The predicted octanol–water partition coefficient (Wildman–Crippen LogP) is 3.86. The fourth-order valence-electron chi connectivity index (χ4n) is 3.91. The van der Waals surface area contributed by atoms with E-state index in [-0.39, 0.29) is 11.8 Å². The normalized spacial score (nSPS) is 17.5. The van der Waals surface area contributed by atoms with E-state index in [9.17, 15) is 9.59 Å². The zero-order chi connectivity index (χ0) is 19.5. The Labute approximate surface area is 165 Å². The van der Waals surface area contributed by atoms with E-state index in [1.807, 2.05) is 49.4 Å². The summed E-state index contributed by atoms with van der Waals surface area (Å²) in [6.45, 7) is 4.04. The Morgan fingerprint density at radius 2 is 1.64 bits per heavy atom. The third kappa shape index (κ3) is 3.28. The first-order valence-electron chi connectivity index (χ1n) is 9.87. The lowest BCUT2D eigenvalue weighted by atomic mass is 10.0. The van der Waals surface area contributed by atoms with Crippen LogP contribution in [0.5, 0.6) is 5.75 Å². The summed E-state index contributed by atoms with van der Waals surface area (Å²) in [4.78, 5) is 30.2. The lowest BCUT2D eigenvalue weighted by Crippen LogP contribution is -2.37. The van der Waals surface area contributed by atoms with E-state index in [1.54, 1.807) is 12.1 Å². The second kappa shape index (κ2) is 7.89. The van der Waals surface area contributed by atoms with E-state index in [4.69, 9.17) is 4.74 Å². The summed E-state index contributed by atoms with van der Waals surface area (Å²) in [5.41, 5.74) is 2.35. The molecule has 2 aliphatic rings. The molecule has 0 aromatic heterocycles. The van der Waals surface area contributed by atoms with Gasteiger partial charge in [-0.3, -0.25) is 9.59 Å². The third-order valence-corrected chi connectivity index (χ3v) is 5.18. The molecule has 4 rings (SSSR count). The standard InChI is InChI=1S/C23H24N2O3/c1-2-28-19-13-9-12-18(16-19)25-22(26)20(17-10-5-3-6-11-17)21(23(25)27)24-14-7-4-8-15-24/h3,5-6,9-13,16H,2,4,7-8,14-15H2,1H3. The number of benzene rings is 2. The van der Waals surface area contributed by atoms with Crippen LogP contribution in [0, 0.1) is 0 Å². The molecule has 0 bridgehead atoms. The van der Waals surface area contributed by atoms with Crippen molar-refractivity contribution in [2.45, 2.75) is 26.2 Å². The SMILES string of the molecule is CCOc1cccc(N2C(=O)C(c3ccccc3)=C(N3CCCCC3)C2=O)c1. The highest BCUT2D eigenvalue weighted by Crippen LogP contribution is 2.36. The molecule has 2 aromatic rings. The summed E-state index contributed by atoms with van der Waals surface area (Å²) < 4.78 is 5.56. The van der Waals surface area contributed by atoms with Crippen molar-refractivity contribution >= 4 is 23.1 Å². The van der Waals surface area contributed by atoms with Crippen LogP contribution >= 0.6 is 0 Å². The van der Waals surface area contributed by atoms with Crippen molar-refractivity contribution in [1.82, 2.24) is 4.90 Å². The minimum Gasteiger partial charge on any atom is -0.494 e. The lowest BCUT2D eigenvalue weighted by Gasteiger charge is -2.29. The molecule has 0 radical (unpaired) electrons. The fraction of sp³-hybridized carbons (Fsp3) is 0.304. The number of imide groups is 1. The summed E-state index contributed by atoms with van der Waals surface area (Å²) >= 11 is 0. The van der Waals surface area contributed by atoms with Crippen molar-refractivity contribution in [2.24, 2.45) is 0 Å². The van der Waals surface area contributed by atoms with Crippen LogP contribution in [0.3, 0.4) is 0 Å². The van der Waals surface area contributed by atoms with Crippen LogP contribution in [0.4, 0.5) is 5.69 Å². The highest BCUT2D eigenvalue weighted by atomic mass is 16.5. The summed E-state index contributed by atoms with van der Waals surface area (Å²) in [6.07, 6.45) is 3.23. The van der Waals surface area contributed by atoms with Gasteiger partial charge in [-0.15, -0.1) is 0 Å². The molecule has 28 heavy (non-hydrogen) atoms. The van der Waals surface area contributed by atoms with E-state index in [0.29, 0.717) is 29.3 Å². The van der Waals surface area contributed by atoms with E-state index in [2.05, 4.69) is 4.90 Å². The van der Waals surface area contributed by atoms with Crippen molar-refractivity contribution < 1.29 is 14.3 Å². The summed E-state index contributed by atoms with van der Waals surface area (Å²) in [6, 6.07) is 16.7. The smallest absolute Gasteiger partial charge is 0.282 e. The van der Waals surface area contributed by atoms with Crippen molar-refractivity contribution in [1.29, 1.82) is 0 Å². The number of ether oxygens (including phenoxy) is 1. The average Bonchev–Trinajstić information content (AvgIpc) is 3.00. The highest BCUT2D eigenvalue weighted by Gasteiger charge is 2.42. The largest absolute Gasteiger partial charge is 0.494 e. The summed E-state index contributed by atoms with van der Waals surface area (Å²) in [5, 5.41) is 0. The van der Waals surface area contributed by atoms with Crippen LogP contribution in [0.2, 0.25) is 0 Å². The molecule has 5 nitrogen and oxygen atoms in total. The minimum absolute atomic E-state index is 0.251. The first-order chi connectivity index (χ1) is 13.7.